The Morgan fingerprint density at radius 3 is 2.76 bits per heavy atom. The maximum Gasteiger partial charge on any atom is 0.249 e. The lowest BCUT2D eigenvalue weighted by atomic mass is 10.1. The summed E-state index contributed by atoms with van der Waals surface area (Å²) < 4.78 is 16.3. The summed E-state index contributed by atoms with van der Waals surface area (Å²) in [5, 5.41) is 8.08. The van der Waals surface area contributed by atoms with E-state index in [4.69, 9.17) is 32.2 Å². The second-order valence-corrected chi connectivity index (χ2v) is 5.01. The van der Waals surface area contributed by atoms with Crippen LogP contribution >= 0.6 is 12.2 Å². The highest BCUT2D eigenvalue weighted by atomic mass is 32.1. The van der Waals surface area contributed by atoms with Gasteiger partial charge in [-0.3, -0.25) is 0 Å². The molecule has 0 radical (unpaired) electrons. The number of benzene rings is 1. The van der Waals surface area contributed by atoms with Crippen molar-refractivity contribution in [3.8, 4) is 23.1 Å². The number of ether oxygens (including phenoxy) is 3. The van der Waals surface area contributed by atoms with Gasteiger partial charge in [-0.15, -0.1) is 5.10 Å². The molecule has 21 heavy (non-hydrogen) atoms. The van der Waals surface area contributed by atoms with E-state index in [2.05, 4.69) is 10.2 Å². The molecule has 1 aromatic carbocycles. The molecule has 0 spiro atoms. The van der Waals surface area contributed by atoms with Gasteiger partial charge < -0.3 is 19.9 Å². The predicted octanol–water partition coefficient (Wildman–Crippen LogP) is 2.25. The number of aromatic nitrogens is 2. The zero-order chi connectivity index (χ0) is 15.0. The fourth-order valence-corrected chi connectivity index (χ4v) is 2.24. The van der Waals surface area contributed by atoms with Crippen molar-refractivity contribution in [2.24, 2.45) is 5.73 Å². The van der Waals surface area contributed by atoms with Crippen LogP contribution in [-0.2, 0) is 0 Å². The number of nitrogens with zero attached hydrogens (tertiary/aromatic N) is 2. The summed E-state index contributed by atoms with van der Waals surface area (Å²) in [7, 11) is 0. The fourth-order valence-electron chi connectivity index (χ4n) is 2.00. The highest BCUT2D eigenvalue weighted by molar-refractivity contribution is 7.80. The van der Waals surface area contributed by atoms with E-state index in [0.29, 0.717) is 22.8 Å². The average Bonchev–Trinajstić information content (AvgIpc) is 2.90. The minimum Gasteiger partial charge on any atom is -0.454 e. The molecule has 108 valence electrons. The molecule has 0 unspecified atom stereocenters. The van der Waals surface area contributed by atoms with Crippen LogP contribution in [0.3, 0.4) is 0 Å². The standard InChI is InChI=1S/C14H13N3O3S/c1-7-8(2)16-17-14(12(7)13(15)21)20-9-3-4-10-11(5-9)19-6-18-10/h3-5H,6H2,1-2H3,(H2,15,21). The summed E-state index contributed by atoms with van der Waals surface area (Å²) in [5.74, 6) is 2.14. The normalized spacial score (nSPS) is 12.3. The first-order chi connectivity index (χ1) is 10.1. The topological polar surface area (TPSA) is 79.5 Å². The zero-order valence-corrected chi connectivity index (χ0v) is 12.4. The Balaban J connectivity index is 1.98. The van der Waals surface area contributed by atoms with Gasteiger partial charge in [0.05, 0.1) is 11.3 Å². The molecule has 2 heterocycles. The van der Waals surface area contributed by atoms with Crippen molar-refractivity contribution in [2.75, 3.05) is 6.79 Å². The summed E-state index contributed by atoms with van der Waals surface area (Å²) in [5.41, 5.74) is 7.97. The lowest BCUT2D eigenvalue weighted by molar-refractivity contribution is 0.174. The number of thiocarbonyl (C=S) groups is 1. The summed E-state index contributed by atoms with van der Waals surface area (Å²) in [6, 6.07) is 5.25. The van der Waals surface area contributed by atoms with Gasteiger partial charge in [0, 0.05) is 6.07 Å². The second kappa shape index (κ2) is 5.17. The van der Waals surface area contributed by atoms with E-state index in [9.17, 15) is 0 Å². The molecule has 0 fully saturated rings. The summed E-state index contributed by atoms with van der Waals surface area (Å²) in [4.78, 5) is 0.223. The van der Waals surface area contributed by atoms with Gasteiger partial charge in [0.2, 0.25) is 12.7 Å². The van der Waals surface area contributed by atoms with Crippen LogP contribution < -0.4 is 19.9 Å². The van der Waals surface area contributed by atoms with E-state index in [-0.39, 0.29) is 17.7 Å². The van der Waals surface area contributed by atoms with Crippen molar-refractivity contribution < 1.29 is 14.2 Å². The third kappa shape index (κ3) is 2.47. The van der Waals surface area contributed by atoms with Crippen LogP contribution in [-0.4, -0.2) is 22.0 Å². The Morgan fingerprint density at radius 1 is 1.24 bits per heavy atom. The first kappa shape index (κ1) is 13.6. The van der Waals surface area contributed by atoms with Gasteiger partial charge in [0.25, 0.3) is 0 Å². The molecule has 0 bridgehead atoms. The predicted molar refractivity (Wildman–Crippen MR) is 80.0 cm³/mol. The lowest BCUT2D eigenvalue weighted by Gasteiger charge is -2.12. The number of nitrogens with two attached hydrogens (primary N) is 1. The van der Waals surface area contributed by atoms with E-state index in [0.717, 1.165) is 11.3 Å². The first-order valence-corrected chi connectivity index (χ1v) is 6.68. The molecule has 1 aromatic heterocycles. The van der Waals surface area contributed by atoms with Crippen LogP contribution in [0.25, 0.3) is 0 Å². The Labute approximate surface area is 126 Å². The molecule has 0 aliphatic carbocycles. The Kier molecular flexibility index (Phi) is 3.34. The van der Waals surface area contributed by atoms with E-state index < -0.39 is 0 Å². The Morgan fingerprint density at radius 2 is 2.00 bits per heavy atom. The van der Waals surface area contributed by atoms with Crippen molar-refractivity contribution in [3.63, 3.8) is 0 Å². The number of aryl methyl sites for hydroxylation is 1. The molecule has 0 saturated heterocycles. The van der Waals surface area contributed by atoms with E-state index in [1.54, 1.807) is 18.2 Å². The maximum atomic E-state index is 5.77. The van der Waals surface area contributed by atoms with Gasteiger partial charge in [-0.25, -0.2) is 0 Å². The third-order valence-corrected chi connectivity index (χ3v) is 3.43. The molecular formula is C14H13N3O3S. The van der Waals surface area contributed by atoms with Crippen LogP contribution in [0, 0.1) is 13.8 Å². The highest BCUT2D eigenvalue weighted by Gasteiger charge is 2.18. The highest BCUT2D eigenvalue weighted by Crippen LogP contribution is 2.37. The van der Waals surface area contributed by atoms with Crippen molar-refractivity contribution in [1.82, 2.24) is 10.2 Å². The largest absolute Gasteiger partial charge is 0.454 e. The monoisotopic (exact) mass is 303 g/mol. The van der Waals surface area contributed by atoms with Crippen molar-refractivity contribution in [3.05, 3.63) is 35.0 Å². The summed E-state index contributed by atoms with van der Waals surface area (Å²) >= 11 is 5.08. The van der Waals surface area contributed by atoms with Crippen LogP contribution in [0.2, 0.25) is 0 Å². The molecule has 1 aliphatic heterocycles. The van der Waals surface area contributed by atoms with Gasteiger partial charge in [-0.05, 0) is 31.5 Å². The molecule has 1 aliphatic rings. The summed E-state index contributed by atoms with van der Waals surface area (Å²) in [6.07, 6.45) is 0. The van der Waals surface area contributed by atoms with Crippen molar-refractivity contribution in [2.45, 2.75) is 13.8 Å². The Bertz CT molecular complexity index is 734. The first-order valence-electron chi connectivity index (χ1n) is 6.27. The molecule has 0 amide bonds. The third-order valence-electron chi connectivity index (χ3n) is 3.23. The van der Waals surface area contributed by atoms with E-state index >= 15 is 0 Å². The molecule has 2 aromatic rings. The van der Waals surface area contributed by atoms with Gasteiger partial charge in [-0.1, -0.05) is 12.2 Å². The van der Waals surface area contributed by atoms with Gasteiger partial charge >= 0.3 is 0 Å². The average molecular weight is 303 g/mol. The van der Waals surface area contributed by atoms with E-state index in [1.165, 1.54) is 0 Å². The van der Waals surface area contributed by atoms with Crippen LogP contribution in [0.5, 0.6) is 23.1 Å². The van der Waals surface area contributed by atoms with Crippen molar-refractivity contribution >= 4 is 17.2 Å². The van der Waals surface area contributed by atoms with E-state index in [1.807, 2.05) is 13.8 Å². The molecular weight excluding hydrogens is 290 g/mol. The fraction of sp³-hybridized carbons (Fsp3) is 0.214. The molecule has 6 nitrogen and oxygen atoms in total. The smallest absolute Gasteiger partial charge is 0.249 e. The minimum absolute atomic E-state index is 0.209. The van der Waals surface area contributed by atoms with Gasteiger partial charge in [-0.2, -0.15) is 5.10 Å². The number of rotatable bonds is 3. The molecule has 3 rings (SSSR count). The van der Waals surface area contributed by atoms with Crippen LogP contribution in [0.4, 0.5) is 0 Å². The van der Waals surface area contributed by atoms with Crippen LogP contribution in [0.15, 0.2) is 18.2 Å². The van der Waals surface area contributed by atoms with Gasteiger partial charge in [0.15, 0.2) is 11.5 Å². The van der Waals surface area contributed by atoms with Crippen molar-refractivity contribution in [1.29, 1.82) is 0 Å². The zero-order valence-electron chi connectivity index (χ0n) is 11.5. The lowest BCUT2D eigenvalue weighted by Crippen LogP contribution is -2.15. The molecule has 0 atom stereocenters. The molecule has 0 saturated carbocycles. The maximum absolute atomic E-state index is 5.77. The Hall–Kier alpha value is -2.41. The van der Waals surface area contributed by atoms with Crippen LogP contribution in [0.1, 0.15) is 16.8 Å². The SMILES string of the molecule is Cc1nnc(Oc2ccc3c(c2)OCO3)c(C(N)=S)c1C. The number of hydrogen-bond donors (Lipinski definition) is 1. The molecule has 2 N–H and O–H groups in total. The quantitative estimate of drug-likeness (QED) is 0.871. The second-order valence-electron chi connectivity index (χ2n) is 4.57. The number of hydrogen-bond acceptors (Lipinski definition) is 6. The minimum atomic E-state index is 0.209. The number of fused-ring (bicyclic) bond motifs is 1. The van der Waals surface area contributed by atoms with Gasteiger partial charge in [0.1, 0.15) is 10.7 Å². The molecule has 7 heteroatoms. The summed E-state index contributed by atoms with van der Waals surface area (Å²) in [6.45, 7) is 3.93.